The minimum atomic E-state index is 0.196. The van der Waals surface area contributed by atoms with Gasteiger partial charge in [0.1, 0.15) is 0 Å². The fourth-order valence-electron chi connectivity index (χ4n) is 1.83. The Morgan fingerprint density at radius 3 is 1.76 bits per heavy atom. The topological polar surface area (TPSA) is 63.6 Å². The van der Waals surface area contributed by atoms with E-state index >= 15 is 0 Å². The van der Waals surface area contributed by atoms with Crippen LogP contribution in [0.15, 0.2) is 0 Å². The second kappa shape index (κ2) is 9.70. The van der Waals surface area contributed by atoms with E-state index in [1.807, 2.05) is 9.80 Å². The number of hydrogen-bond acceptors (Lipinski definition) is 7. The molecule has 0 N–H and O–H groups in total. The fourth-order valence-corrected chi connectivity index (χ4v) is 1.98. The van der Waals surface area contributed by atoms with Crippen molar-refractivity contribution in [2.24, 2.45) is 0 Å². The molecular weight excluding hydrogens is 294 g/mol. The first kappa shape index (κ1) is 17.9. The van der Waals surface area contributed by atoms with Gasteiger partial charge >= 0.3 is 0 Å². The van der Waals surface area contributed by atoms with Crippen LogP contribution >= 0.6 is 11.6 Å². The average Bonchev–Trinajstić information content (AvgIpc) is 2.48. The van der Waals surface area contributed by atoms with Crippen LogP contribution in [0.25, 0.3) is 0 Å². The van der Waals surface area contributed by atoms with Gasteiger partial charge < -0.3 is 19.3 Å². The molecular formula is C13H24ClN5O2. The Hall–Kier alpha value is -1.18. The number of hydrogen-bond donors (Lipinski definition) is 0. The maximum Gasteiger partial charge on any atom is 0.231 e. The third kappa shape index (κ3) is 5.61. The van der Waals surface area contributed by atoms with Gasteiger partial charge in [0.15, 0.2) is 0 Å². The molecule has 1 heterocycles. The molecule has 1 aromatic rings. The number of anilines is 2. The van der Waals surface area contributed by atoms with Crippen molar-refractivity contribution in [2.75, 3.05) is 63.4 Å². The Labute approximate surface area is 131 Å². The normalized spacial score (nSPS) is 10.7. The van der Waals surface area contributed by atoms with Crippen LogP contribution in [0.1, 0.15) is 13.8 Å². The van der Waals surface area contributed by atoms with E-state index in [2.05, 4.69) is 28.8 Å². The molecule has 7 nitrogen and oxygen atoms in total. The van der Waals surface area contributed by atoms with Gasteiger partial charge in [0.05, 0.1) is 13.2 Å². The molecule has 0 spiro atoms. The summed E-state index contributed by atoms with van der Waals surface area (Å²) in [5.74, 6) is 1.14. The molecule has 0 radical (unpaired) electrons. The van der Waals surface area contributed by atoms with E-state index < -0.39 is 0 Å². The van der Waals surface area contributed by atoms with Crippen molar-refractivity contribution < 1.29 is 9.47 Å². The van der Waals surface area contributed by atoms with Crippen molar-refractivity contribution >= 4 is 23.5 Å². The van der Waals surface area contributed by atoms with E-state index in [-0.39, 0.29) is 5.28 Å². The second-order valence-electron chi connectivity index (χ2n) is 4.35. The lowest BCUT2D eigenvalue weighted by Gasteiger charge is -2.24. The monoisotopic (exact) mass is 317 g/mol. The number of rotatable bonds is 10. The molecule has 0 atom stereocenters. The standard InChI is InChI=1S/C13H24ClN5O2/c1-5-18(6-2)12-15-11(14)16-13(17-12)19(7-9-20-3)8-10-21-4/h5-10H2,1-4H3. The Kier molecular flexibility index (Phi) is 8.26. The highest BCUT2D eigenvalue weighted by Crippen LogP contribution is 2.16. The molecule has 0 amide bonds. The zero-order valence-corrected chi connectivity index (χ0v) is 13.9. The van der Waals surface area contributed by atoms with Gasteiger partial charge in [0, 0.05) is 40.4 Å². The summed E-state index contributed by atoms with van der Waals surface area (Å²) in [5, 5.41) is 0.196. The van der Waals surface area contributed by atoms with Crippen LogP contribution in [-0.2, 0) is 9.47 Å². The lowest BCUT2D eigenvalue weighted by atomic mass is 10.5. The van der Waals surface area contributed by atoms with Gasteiger partial charge in [-0.05, 0) is 25.4 Å². The van der Waals surface area contributed by atoms with Crippen LogP contribution in [0.3, 0.4) is 0 Å². The summed E-state index contributed by atoms with van der Waals surface area (Å²) in [5.41, 5.74) is 0. The number of ether oxygens (including phenoxy) is 2. The maximum atomic E-state index is 6.04. The lowest BCUT2D eigenvalue weighted by molar-refractivity contribution is 0.189. The van der Waals surface area contributed by atoms with Crippen LogP contribution < -0.4 is 9.80 Å². The summed E-state index contributed by atoms with van der Waals surface area (Å²) >= 11 is 6.04. The summed E-state index contributed by atoms with van der Waals surface area (Å²) in [7, 11) is 3.33. The first-order chi connectivity index (χ1) is 10.2. The molecule has 1 rings (SSSR count). The zero-order valence-electron chi connectivity index (χ0n) is 13.2. The van der Waals surface area contributed by atoms with Crippen LogP contribution in [-0.4, -0.2) is 68.6 Å². The molecule has 1 aromatic heterocycles. The molecule has 0 bridgehead atoms. The van der Waals surface area contributed by atoms with Gasteiger partial charge in [0.2, 0.25) is 17.2 Å². The van der Waals surface area contributed by atoms with Crippen molar-refractivity contribution in [1.29, 1.82) is 0 Å². The third-order valence-electron chi connectivity index (χ3n) is 3.04. The summed E-state index contributed by atoms with van der Waals surface area (Å²) in [6, 6.07) is 0. The molecule has 0 unspecified atom stereocenters. The van der Waals surface area contributed by atoms with Crippen molar-refractivity contribution in [3.8, 4) is 0 Å². The molecule has 21 heavy (non-hydrogen) atoms. The average molecular weight is 318 g/mol. The van der Waals surface area contributed by atoms with Crippen molar-refractivity contribution in [3.63, 3.8) is 0 Å². The SMILES string of the molecule is CCN(CC)c1nc(Cl)nc(N(CCOC)CCOC)n1. The van der Waals surface area contributed by atoms with E-state index in [9.17, 15) is 0 Å². The quantitative estimate of drug-likeness (QED) is 0.647. The van der Waals surface area contributed by atoms with Crippen LogP contribution in [0.4, 0.5) is 11.9 Å². The first-order valence-electron chi connectivity index (χ1n) is 7.05. The Bertz CT molecular complexity index is 410. The van der Waals surface area contributed by atoms with Gasteiger partial charge in [0.25, 0.3) is 0 Å². The smallest absolute Gasteiger partial charge is 0.231 e. The van der Waals surface area contributed by atoms with E-state index in [1.165, 1.54) is 0 Å². The molecule has 120 valence electrons. The first-order valence-corrected chi connectivity index (χ1v) is 7.43. The molecule has 0 aliphatic rings. The summed E-state index contributed by atoms with van der Waals surface area (Å²) in [6.45, 7) is 8.21. The summed E-state index contributed by atoms with van der Waals surface area (Å²) in [6.07, 6.45) is 0. The van der Waals surface area contributed by atoms with Gasteiger partial charge in [-0.3, -0.25) is 0 Å². The Morgan fingerprint density at radius 1 is 0.857 bits per heavy atom. The highest BCUT2D eigenvalue weighted by atomic mass is 35.5. The van der Waals surface area contributed by atoms with Gasteiger partial charge in [-0.15, -0.1) is 0 Å². The van der Waals surface area contributed by atoms with Gasteiger partial charge in [-0.2, -0.15) is 15.0 Å². The highest BCUT2D eigenvalue weighted by Gasteiger charge is 2.15. The summed E-state index contributed by atoms with van der Waals surface area (Å²) in [4.78, 5) is 16.9. The van der Waals surface area contributed by atoms with Crippen LogP contribution in [0.5, 0.6) is 0 Å². The molecule has 0 aromatic carbocycles. The van der Waals surface area contributed by atoms with Crippen LogP contribution in [0, 0.1) is 0 Å². The van der Waals surface area contributed by atoms with Gasteiger partial charge in [-0.1, -0.05) is 0 Å². The maximum absolute atomic E-state index is 6.04. The predicted molar refractivity (Wildman–Crippen MR) is 84.4 cm³/mol. The number of halogens is 1. The van der Waals surface area contributed by atoms with Crippen molar-refractivity contribution in [2.45, 2.75) is 13.8 Å². The fraction of sp³-hybridized carbons (Fsp3) is 0.769. The number of nitrogens with zero attached hydrogens (tertiary/aromatic N) is 5. The molecule has 0 saturated heterocycles. The molecule has 0 aliphatic heterocycles. The molecule has 0 aliphatic carbocycles. The predicted octanol–water partition coefficient (Wildman–Crippen LogP) is 1.47. The Morgan fingerprint density at radius 2 is 1.33 bits per heavy atom. The molecule has 0 fully saturated rings. The number of aromatic nitrogens is 3. The lowest BCUT2D eigenvalue weighted by Crippen LogP contribution is -2.33. The van der Waals surface area contributed by atoms with Crippen molar-refractivity contribution in [3.05, 3.63) is 5.28 Å². The Balaban J connectivity index is 2.99. The zero-order chi connectivity index (χ0) is 15.7. The second-order valence-corrected chi connectivity index (χ2v) is 4.69. The molecule has 0 saturated carbocycles. The highest BCUT2D eigenvalue weighted by molar-refractivity contribution is 6.28. The summed E-state index contributed by atoms with van der Waals surface area (Å²) < 4.78 is 10.3. The largest absolute Gasteiger partial charge is 0.383 e. The minimum absolute atomic E-state index is 0.196. The number of methoxy groups -OCH3 is 2. The van der Waals surface area contributed by atoms with E-state index in [0.717, 1.165) is 13.1 Å². The molecule has 8 heteroatoms. The minimum Gasteiger partial charge on any atom is -0.383 e. The van der Waals surface area contributed by atoms with E-state index in [1.54, 1.807) is 14.2 Å². The third-order valence-corrected chi connectivity index (χ3v) is 3.21. The van der Waals surface area contributed by atoms with E-state index in [4.69, 9.17) is 21.1 Å². The van der Waals surface area contributed by atoms with Crippen molar-refractivity contribution in [1.82, 2.24) is 15.0 Å². The van der Waals surface area contributed by atoms with Crippen LogP contribution in [0.2, 0.25) is 5.28 Å². The van der Waals surface area contributed by atoms with Gasteiger partial charge in [-0.25, -0.2) is 0 Å². The van der Waals surface area contributed by atoms with E-state index in [0.29, 0.717) is 38.2 Å².